The van der Waals surface area contributed by atoms with Crippen LogP contribution in [-0.2, 0) is 21.4 Å². The number of hydrogen-bond acceptors (Lipinski definition) is 4. The van der Waals surface area contributed by atoms with Crippen molar-refractivity contribution < 1.29 is 18.3 Å². The molecule has 0 saturated carbocycles. The molecule has 1 rings (SSSR count). The van der Waals surface area contributed by atoms with Crippen molar-refractivity contribution in [1.82, 2.24) is 4.72 Å². The van der Waals surface area contributed by atoms with Crippen molar-refractivity contribution >= 4 is 10.0 Å². The molecule has 1 aromatic rings. The van der Waals surface area contributed by atoms with Gasteiger partial charge in [0, 0.05) is 13.7 Å². The Kier molecular flexibility index (Phi) is 5.07. The van der Waals surface area contributed by atoms with E-state index in [4.69, 9.17) is 9.84 Å². The van der Waals surface area contributed by atoms with Gasteiger partial charge in [-0.2, -0.15) is 0 Å². The normalized spacial score (nSPS) is 11.7. The van der Waals surface area contributed by atoms with Gasteiger partial charge in [0.1, 0.15) is 0 Å². The molecular weight excluding hydrogens is 242 g/mol. The largest absolute Gasteiger partial charge is 0.392 e. The van der Waals surface area contributed by atoms with Crippen LogP contribution in [0.3, 0.4) is 0 Å². The summed E-state index contributed by atoms with van der Waals surface area (Å²) in [5, 5.41) is 9.09. The Hall–Kier alpha value is -0.950. The zero-order valence-corrected chi connectivity index (χ0v) is 10.8. The minimum Gasteiger partial charge on any atom is -0.392 e. The molecule has 0 heterocycles. The predicted octanol–water partition coefficient (Wildman–Crippen LogP) is 0.412. The Morgan fingerprint density at radius 3 is 2.71 bits per heavy atom. The molecule has 0 aromatic heterocycles. The van der Waals surface area contributed by atoms with Gasteiger partial charge in [-0.25, -0.2) is 13.1 Å². The number of ether oxygens (including phenoxy) is 1. The molecule has 0 unspecified atom stereocenters. The maximum atomic E-state index is 11.9. The van der Waals surface area contributed by atoms with Crippen LogP contribution in [-0.4, -0.2) is 33.8 Å². The fourth-order valence-electron chi connectivity index (χ4n) is 1.48. The molecule has 0 spiro atoms. The van der Waals surface area contributed by atoms with Crippen LogP contribution in [0.1, 0.15) is 11.1 Å². The summed E-state index contributed by atoms with van der Waals surface area (Å²) in [5.74, 6) is 0. The maximum absolute atomic E-state index is 11.9. The second-order valence-corrected chi connectivity index (χ2v) is 5.32. The summed E-state index contributed by atoms with van der Waals surface area (Å²) in [4.78, 5) is 0.195. The summed E-state index contributed by atoms with van der Waals surface area (Å²) in [5.41, 5.74) is 1.18. The first-order chi connectivity index (χ1) is 8.03. The van der Waals surface area contributed by atoms with Gasteiger partial charge in [-0.05, 0) is 24.1 Å². The molecule has 0 radical (unpaired) electrons. The zero-order valence-electron chi connectivity index (χ0n) is 9.93. The Labute approximate surface area is 101 Å². The molecule has 5 nitrogen and oxygen atoms in total. The van der Waals surface area contributed by atoms with Gasteiger partial charge in [-0.15, -0.1) is 0 Å². The van der Waals surface area contributed by atoms with Gasteiger partial charge in [-0.1, -0.05) is 12.1 Å². The molecule has 0 aliphatic heterocycles. The van der Waals surface area contributed by atoms with Gasteiger partial charge in [-0.3, -0.25) is 0 Å². The molecule has 6 heteroatoms. The third kappa shape index (κ3) is 3.50. The lowest BCUT2D eigenvalue weighted by atomic mass is 10.1. The Bertz CT molecular complexity index is 470. The Morgan fingerprint density at radius 2 is 2.12 bits per heavy atom. The van der Waals surface area contributed by atoms with E-state index in [0.717, 1.165) is 0 Å². The van der Waals surface area contributed by atoms with Crippen LogP contribution in [0.5, 0.6) is 0 Å². The van der Waals surface area contributed by atoms with E-state index < -0.39 is 10.0 Å². The lowest BCUT2D eigenvalue weighted by molar-refractivity contribution is 0.204. The first-order valence-corrected chi connectivity index (χ1v) is 6.69. The SMILES string of the molecule is COCCNS(=O)(=O)c1cccc(CO)c1C. The van der Waals surface area contributed by atoms with E-state index in [2.05, 4.69) is 4.72 Å². The van der Waals surface area contributed by atoms with Gasteiger partial charge in [0.05, 0.1) is 18.1 Å². The van der Waals surface area contributed by atoms with Crippen LogP contribution in [0, 0.1) is 6.92 Å². The molecule has 0 aliphatic rings. The molecule has 0 bridgehead atoms. The van der Waals surface area contributed by atoms with Crippen LogP contribution in [0.4, 0.5) is 0 Å². The standard InChI is InChI=1S/C11H17NO4S/c1-9-10(8-13)4-3-5-11(9)17(14,15)12-6-7-16-2/h3-5,12-13H,6-8H2,1-2H3. The quantitative estimate of drug-likeness (QED) is 0.726. The average Bonchev–Trinajstić information content (AvgIpc) is 2.29. The fourth-order valence-corrected chi connectivity index (χ4v) is 2.78. The smallest absolute Gasteiger partial charge is 0.240 e. The van der Waals surface area contributed by atoms with Crippen LogP contribution in [0.2, 0.25) is 0 Å². The minimum absolute atomic E-state index is 0.173. The average molecular weight is 259 g/mol. The van der Waals surface area contributed by atoms with Gasteiger partial charge < -0.3 is 9.84 Å². The number of nitrogens with one attached hydrogen (secondary N) is 1. The molecule has 0 atom stereocenters. The van der Waals surface area contributed by atoms with Crippen molar-refractivity contribution in [2.24, 2.45) is 0 Å². The predicted molar refractivity (Wildman–Crippen MR) is 64.2 cm³/mol. The second-order valence-electron chi connectivity index (χ2n) is 3.59. The van der Waals surface area contributed by atoms with Gasteiger partial charge in [0.2, 0.25) is 10.0 Å². The van der Waals surface area contributed by atoms with Crippen molar-refractivity contribution in [3.8, 4) is 0 Å². The summed E-state index contributed by atoms with van der Waals surface area (Å²) >= 11 is 0. The number of rotatable bonds is 6. The second kappa shape index (κ2) is 6.11. The number of sulfonamides is 1. The molecule has 2 N–H and O–H groups in total. The molecule has 0 saturated heterocycles. The molecule has 0 fully saturated rings. The van der Waals surface area contributed by atoms with Crippen molar-refractivity contribution in [2.45, 2.75) is 18.4 Å². The van der Waals surface area contributed by atoms with Crippen LogP contribution in [0.15, 0.2) is 23.1 Å². The molecule has 1 aromatic carbocycles. The number of hydrogen-bond donors (Lipinski definition) is 2. The summed E-state index contributed by atoms with van der Waals surface area (Å²) in [6.07, 6.45) is 0. The third-order valence-electron chi connectivity index (χ3n) is 2.45. The molecule has 96 valence electrons. The van der Waals surface area contributed by atoms with Crippen LogP contribution in [0.25, 0.3) is 0 Å². The molecule has 17 heavy (non-hydrogen) atoms. The van der Waals surface area contributed by atoms with Crippen molar-refractivity contribution in [3.63, 3.8) is 0 Å². The van der Waals surface area contributed by atoms with E-state index in [0.29, 0.717) is 17.7 Å². The summed E-state index contributed by atoms with van der Waals surface area (Å²) < 4.78 is 31.1. The Balaban J connectivity index is 2.99. The lowest BCUT2D eigenvalue weighted by Gasteiger charge is -2.11. The van der Waals surface area contributed by atoms with Crippen LogP contribution < -0.4 is 4.72 Å². The van der Waals surface area contributed by atoms with Crippen LogP contribution >= 0.6 is 0 Å². The van der Waals surface area contributed by atoms with Gasteiger partial charge >= 0.3 is 0 Å². The zero-order chi connectivity index (χ0) is 12.9. The highest BCUT2D eigenvalue weighted by Crippen LogP contribution is 2.18. The number of methoxy groups -OCH3 is 1. The number of benzene rings is 1. The van der Waals surface area contributed by atoms with E-state index in [1.54, 1.807) is 19.1 Å². The first kappa shape index (κ1) is 14.1. The third-order valence-corrected chi connectivity index (χ3v) is 4.06. The van der Waals surface area contributed by atoms with Crippen molar-refractivity contribution in [2.75, 3.05) is 20.3 Å². The fraction of sp³-hybridized carbons (Fsp3) is 0.455. The number of aliphatic hydroxyl groups excluding tert-OH is 1. The van der Waals surface area contributed by atoms with Crippen molar-refractivity contribution in [3.05, 3.63) is 29.3 Å². The van der Waals surface area contributed by atoms with E-state index in [1.807, 2.05) is 0 Å². The molecular formula is C11H17NO4S. The molecule has 0 aliphatic carbocycles. The highest BCUT2D eigenvalue weighted by molar-refractivity contribution is 7.89. The van der Waals surface area contributed by atoms with E-state index in [1.165, 1.54) is 13.2 Å². The first-order valence-electron chi connectivity index (χ1n) is 5.21. The maximum Gasteiger partial charge on any atom is 0.240 e. The van der Waals surface area contributed by atoms with E-state index in [9.17, 15) is 8.42 Å². The minimum atomic E-state index is -3.54. The highest BCUT2D eigenvalue weighted by Gasteiger charge is 2.17. The lowest BCUT2D eigenvalue weighted by Crippen LogP contribution is -2.28. The Morgan fingerprint density at radius 1 is 1.41 bits per heavy atom. The number of aliphatic hydroxyl groups is 1. The van der Waals surface area contributed by atoms with Crippen molar-refractivity contribution in [1.29, 1.82) is 0 Å². The van der Waals surface area contributed by atoms with Gasteiger partial charge in [0.25, 0.3) is 0 Å². The highest BCUT2D eigenvalue weighted by atomic mass is 32.2. The van der Waals surface area contributed by atoms with E-state index >= 15 is 0 Å². The topological polar surface area (TPSA) is 75.6 Å². The van der Waals surface area contributed by atoms with E-state index in [-0.39, 0.29) is 18.0 Å². The molecule has 0 amide bonds. The summed E-state index contributed by atoms with van der Waals surface area (Å²) in [6, 6.07) is 4.83. The summed E-state index contributed by atoms with van der Waals surface area (Å²) in [7, 11) is -2.03. The van der Waals surface area contributed by atoms with Gasteiger partial charge in [0.15, 0.2) is 0 Å². The monoisotopic (exact) mass is 259 g/mol. The summed E-state index contributed by atoms with van der Waals surface area (Å²) in [6.45, 7) is 2.04.